The highest BCUT2D eigenvalue weighted by Gasteiger charge is 1.73. The topological polar surface area (TPSA) is 24.9 Å². The summed E-state index contributed by atoms with van der Waals surface area (Å²) in [7, 11) is 0. The second kappa shape index (κ2) is 6.00. The van der Waals surface area contributed by atoms with Gasteiger partial charge in [-0.1, -0.05) is 0 Å². The lowest BCUT2D eigenvalue weighted by Gasteiger charge is -1.91. The van der Waals surface area contributed by atoms with Gasteiger partial charge in [0, 0.05) is 24.0 Å². The molecule has 1 aromatic heterocycles. The van der Waals surface area contributed by atoms with Gasteiger partial charge in [0.25, 0.3) is 0 Å². The molecule has 0 aliphatic carbocycles. The van der Waals surface area contributed by atoms with E-state index in [1.807, 2.05) is 28.6 Å². The van der Waals surface area contributed by atoms with Gasteiger partial charge in [0.05, 0.1) is 5.51 Å². The molecule has 58 valence electrons. The van der Waals surface area contributed by atoms with Crippen molar-refractivity contribution in [3.8, 4) is 0 Å². The first-order valence-corrected chi connectivity index (χ1v) is 4.92. The van der Waals surface area contributed by atoms with Gasteiger partial charge < -0.3 is 5.32 Å². The van der Waals surface area contributed by atoms with Crippen LogP contribution in [0.15, 0.2) is 40.3 Å². The number of rotatable bonds is 0. The fourth-order valence-electron chi connectivity index (χ4n) is 0.434. The zero-order valence-electron chi connectivity index (χ0n) is 5.81. The van der Waals surface area contributed by atoms with E-state index in [1.54, 1.807) is 34.8 Å². The molecule has 4 heteroatoms. The Bertz CT molecular complexity index is 179. The Morgan fingerprint density at radius 2 is 2.00 bits per heavy atom. The van der Waals surface area contributed by atoms with Crippen molar-refractivity contribution in [2.75, 3.05) is 0 Å². The van der Waals surface area contributed by atoms with Crippen molar-refractivity contribution in [1.82, 2.24) is 10.3 Å². The average Bonchev–Trinajstić information content (AvgIpc) is 2.64. The van der Waals surface area contributed by atoms with E-state index in [9.17, 15) is 0 Å². The van der Waals surface area contributed by atoms with Gasteiger partial charge in [-0.15, -0.1) is 23.1 Å². The van der Waals surface area contributed by atoms with Gasteiger partial charge in [-0.05, 0) is 10.8 Å². The standard InChI is InChI=1S/C4H5NS.C3H3NS/c1-3-6-4-2-5-1;1-2-5-3-4-1/h1-5H;1-3H. The fourth-order valence-corrected chi connectivity index (χ4v) is 1.19. The summed E-state index contributed by atoms with van der Waals surface area (Å²) in [5.74, 6) is 0. The number of thioether (sulfide) groups is 1. The van der Waals surface area contributed by atoms with E-state index in [2.05, 4.69) is 10.3 Å². The predicted octanol–water partition coefficient (Wildman–Crippen LogP) is 2.41. The van der Waals surface area contributed by atoms with Crippen molar-refractivity contribution < 1.29 is 0 Å². The average molecular weight is 184 g/mol. The molecule has 2 rings (SSSR count). The predicted molar refractivity (Wildman–Crippen MR) is 51.1 cm³/mol. The van der Waals surface area contributed by atoms with Crippen molar-refractivity contribution in [3.05, 3.63) is 40.3 Å². The summed E-state index contributed by atoms with van der Waals surface area (Å²) >= 11 is 3.27. The van der Waals surface area contributed by atoms with E-state index in [-0.39, 0.29) is 0 Å². The molecule has 11 heavy (non-hydrogen) atoms. The van der Waals surface area contributed by atoms with Crippen LogP contribution in [-0.2, 0) is 0 Å². The highest BCUT2D eigenvalue weighted by atomic mass is 32.2. The second-order valence-corrected chi connectivity index (χ2v) is 3.16. The third-order valence-corrected chi connectivity index (χ3v) is 1.94. The van der Waals surface area contributed by atoms with Crippen LogP contribution in [0.2, 0.25) is 0 Å². The normalized spacial score (nSPS) is 13.1. The van der Waals surface area contributed by atoms with Crippen LogP contribution in [0.4, 0.5) is 0 Å². The first kappa shape index (κ1) is 8.36. The molecule has 0 bridgehead atoms. The van der Waals surface area contributed by atoms with E-state index in [4.69, 9.17) is 0 Å². The van der Waals surface area contributed by atoms with E-state index < -0.39 is 0 Å². The summed E-state index contributed by atoms with van der Waals surface area (Å²) in [6, 6.07) is 0. The van der Waals surface area contributed by atoms with Gasteiger partial charge in [-0.25, -0.2) is 0 Å². The summed E-state index contributed by atoms with van der Waals surface area (Å²) in [5, 5.41) is 8.81. The van der Waals surface area contributed by atoms with Gasteiger partial charge >= 0.3 is 0 Å². The molecule has 1 aromatic rings. The van der Waals surface area contributed by atoms with Crippen LogP contribution < -0.4 is 5.32 Å². The summed E-state index contributed by atoms with van der Waals surface area (Å²) in [6.45, 7) is 0. The molecule has 1 aliphatic rings. The van der Waals surface area contributed by atoms with Crippen molar-refractivity contribution in [1.29, 1.82) is 0 Å². The molecule has 1 N–H and O–H groups in total. The quantitative estimate of drug-likeness (QED) is 0.670. The molecule has 0 fully saturated rings. The molecule has 0 spiro atoms. The minimum atomic E-state index is 1.60. The molecule has 2 nitrogen and oxygen atoms in total. The minimum Gasteiger partial charge on any atom is -0.367 e. The number of hydrogen-bond donors (Lipinski definition) is 1. The van der Waals surface area contributed by atoms with Crippen molar-refractivity contribution >= 4 is 23.1 Å². The highest BCUT2D eigenvalue weighted by molar-refractivity contribution is 8.04. The molecule has 0 atom stereocenters. The largest absolute Gasteiger partial charge is 0.367 e. The number of aromatic nitrogens is 1. The Morgan fingerprint density at radius 3 is 2.18 bits per heavy atom. The highest BCUT2D eigenvalue weighted by Crippen LogP contribution is 2.04. The molecule has 0 saturated heterocycles. The van der Waals surface area contributed by atoms with Gasteiger partial charge in [0.2, 0.25) is 0 Å². The fraction of sp³-hybridized carbons (Fsp3) is 0. The number of nitrogens with zero attached hydrogens (tertiary/aromatic N) is 1. The van der Waals surface area contributed by atoms with Gasteiger partial charge in [-0.3, -0.25) is 4.98 Å². The van der Waals surface area contributed by atoms with Crippen LogP contribution in [0.5, 0.6) is 0 Å². The third kappa shape index (κ3) is 4.64. The Hall–Kier alpha value is -0.740. The van der Waals surface area contributed by atoms with E-state index in [0.29, 0.717) is 0 Å². The smallest absolute Gasteiger partial charge is 0.0791 e. The SMILES string of the molecule is C1=CSC=CN1.c1cscn1. The monoisotopic (exact) mass is 184 g/mol. The summed E-state index contributed by atoms with van der Waals surface area (Å²) < 4.78 is 0. The molecule has 0 aromatic carbocycles. The van der Waals surface area contributed by atoms with Gasteiger partial charge in [0.1, 0.15) is 0 Å². The molecule has 0 saturated carbocycles. The molecule has 2 heterocycles. The first-order valence-electron chi connectivity index (χ1n) is 3.04. The van der Waals surface area contributed by atoms with Crippen LogP contribution in [0, 0.1) is 0 Å². The number of nitrogens with one attached hydrogen (secondary N) is 1. The Balaban J connectivity index is 0.000000112. The molecular weight excluding hydrogens is 176 g/mol. The Kier molecular flexibility index (Phi) is 4.56. The van der Waals surface area contributed by atoms with Gasteiger partial charge in [-0.2, -0.15) is 0 Å². The molecular formula is C7H8N2S2. The summed E-state index contributed by atoms with van der Waals surface area (Å²) in [4.78, 5) is 3.74. The number of thiazole rings is 1. The Labute approximate surface area is 74.0 Å². The van der Waals surface area contributed by atoms with Crippen LogP contribution in [0.3, 0.4) is 0 Å². The lowest BCUT2D eigenvalue weighted by atomic mass is 10.9. The lowest BCUT2D eigenvalue weighted by molar-refractivity contribution is 1.20. The summed E-state index contributed by atoms with van der Waals surface area (Å²) in [5.41, 5.74) is 1.79. The van der Waals surface area contributed by atoms with Crippen LogP contribution in [0.25, 0.3) is 0 Å². The van der Waals surface area contributed by atoms with Crippen molar-refractivity contribution in [2.24, 2.45) is 0 Å². The van der Waals surface area contributed by atoms with Crippen molar-refractivity contribution in [3.63, 3.8) is 0 Å². The molecule has 0 radical (unpaired) electrons. The maximum Gasteiger partial charge on any atom is 0.0791 e. The molecule has 0 amide bonds. The minimum absolute atomic E-state index is 1.60. The van der Waals surface area contributed by atoms with E-state index >= 15 is 0 Å². The van der Waals surface area contributed by atoms with Gasteiger partial charge in [0.15, 0.2) is 0 Å². The summed E-state index contributed by atoms with van der Waals surface area (Å²) in [6.07, 6.45) is 5.56. The lowest BCUT2D eigenvalue weighted by Crippen LogP contribution is -1.91. The third-order valence-electron chi connectivity index (χ3n) is 0.833. The van der Waals surface area contributed by atoms with Crippen LogP contribution >= 0.6 is 23.1 Å². The maximum atomic E-state index is 3.74. The number of hydrogen-bond acceptors (Lipinski definition) is 4. The van der Waals surface area contributed by atoms with Crippen LogP contribution in [-0.4, -0.2) is 4.98 Å². The Morgan fingerprint density at radius 1 is 1.18 bits per heavy atom. The molecule has 0 unspecified atom stereocenters. The zero-order valence-corrected chi connectivity index (χ0v) is 7.44. The second-order valence-electron chi connectivity index (χ2n) is 1.58. The van der Waals surface area contributed by atoms with Crippen LogP contribution in [0.1, 0.15) is 0 Å². The van der Waals surface area contributed by atoms with E-state index in [1.165, 1.54) is 0 Å². The maximum absolute atomic E-state index is 3.74. The first-order chi connectivity index (χ1) is 5.50. The molecule has 1 aliphatic heterocycles. The van der Waals surface area contributed by atoms with E-state index in [0.717, 1.165) is 0 Å². The zero-order chi connectivity index (χ0) is 7.78. The van der Waals surface area contributed by atoms with Crippen molar-refractivity contribution in [2.45, 2.75) is 0 Å².